The van der Waals surface area contributed by atoms with Crippen LogP contribution in [0.2, 0.25) is 0 Å². The van der Waals surface area contributed by atoms with Crippen molar-refractivity contribution in [1.82, 2.24) is 5.32 Å². The molecule has 0 aromatic carbocycles. The van der Waals surface area contributed by atoms with Gasteiger partial charge in [-0.1, -0.05) is 174 Å². The molecule has 2 heterocycles. The van der Waals surface area contributed by atoms with Crippen molar-refractivity contribution in [3.8, 4) is 0 Å². The van der Waals surface area contributed by atoms with E-state index in [9.17, 15) is 45.6 Å². The van der Waals surface area contributed by atoms with Gasteiger partial charge in [0.15, 0.2) is 12.6 Å². The predicted octanol–water partition coefficient (Wildman–Crippen LogP) is 6.77. The first-order chi connectivity index (χ1) is 31.1. The van der Waals surface area contributed by atoms with Gasteiger partial charge in [-0.3, -0.25) is 4.79 Å². The largest absolute Gasteiger partial charge is 0.394 e. The molecule has 9 N–H and O–H groups in total. The van der Waals surface area contributed by atoms with Gasteiger partial charge in [-0.15, -0.1) is 0 Å². The number of ether oxygens (including phenoxy) is 4. The summed E-state index contributed by atoms with van der Waals surface area (Å²) in [4.78, 5) is 13.2. The normalized spacial score (nSPS) is 27.3. The number of carbonyl (C=O) groups excluding carboxylic acids is 1. The molecule has 12 unspecified atom stereocenters. The average Bonchev–Trinajstić information content (AvgIpc) is 3.29. The van der Waals surface area contributed by atoms with E-state index >= 15 is 0 Å². The fourth-order valence-electron chi connectivity index (χ4n) is 8.70. The summed E-state index contributed by atoms with van der Waals surface area (Å²) in [5, 5.41) is 86.9. The number of amides is 1. The monoisotopic (exact) mass is 918 g/mol. The van der Waals surface area contributed by atoms with Crippen LogP contribution in [0.4, 0.5) is 0 Å². The van der Waals surface area contributed by atoms with Crippen molar-refractivity contribution in [2.24, 2.45) is 0 Å². The first-order valence-corrected chi connectivity index (χ1v) is 25.9. The fourth-order valence-corrected chi connectivity index (χ4v) is 8.70. The van der Waals surface area contributed by atoms with E-state index < -0.39 is 86.8 Å². The van der Waals surface area contributed by atoms with E-state index in [1.807, 2.05) is 0 Å². The van der Waals surface area contributed by atoms with Crippen LogP contribution >= 0.6 is 0 Å². The second-order valence-electron chi connectivity index (χ2n) is 18.7. The van der Waals surface area contributed by atoms with Crippen LogP contribution < -0.4 is 5.32 Å². The molecule has 0 aromatic rings. The minimum absolute atomic E-state index is 0.211. The van der Waals surface area contributed by atoms with Crippen LogP contribution in [0.5, 0.6) is 0 Å². The lowest BCUT2D eigenvalue weighted by molar-refractivity contribution is -0.359. The van der Waals surface area contributed by atoms with Crippen molar-refractivity contribution in [2.45, 2.75) is 280 Å². The lowest BCUT2D eigenvalue weighted by Crippen LogP contribution is -2.65. The van der Waals surface area contributed by atoms with E-state index in [2.05, 4.69) is 31.3 Å². The Morgan fingerprint density at radius 1 is 0.547 bits per heavy atom. The smallest absolute Gasteiger partial charge is 0.220 e. The summed E-state index contributed by atoms with van der Waals surface area (Å²) in [7, 11) is 0. The quantitative estimate of drug-likeness (QED) is 0.0229. The molecule has 0 saturated carbocycles. The molecule has 2 rings (SSSR count). The van der Waals surface area contributed by atoms with E-state index in [1.54, 1.807) is 0 Å². The number of nitrogens with one attached hydrogen (secondary N) is 1. The molecule has 12 atom stereocenters. The molecule has 1 amide bonds. The Labute approximate surface area is 386 Å². The van der Waals surface area contributed by atoms with Gasteiger partial charge in [0.2, 0.25) is 5.91 Å². The molecule has 0 radical (unpaired) electrons. The Morgan fingerprint density at radius 2 is 0.984 bits per heavy atom. The zero-order valence-electron chi connectivity index (χ0n) is 40.0. The maximum Gasteiger partial charge on any atom is 0.220 e. The molecule has 0 bridgehead atoms. The third-order valence-electron chi connectivity index (χ3n) is 13.0. The van der Waals surface area contributed by atoms with Crippen LogP contribution in [0.25, 0.3) is 0 Å². The highest BCUT2D eigenvalue weighted by Crippen LogP contribution is 2.30. The highest BCUT2D eigenvalue weighted by Gasteiger charge is 2.51. The predicted molar refractivity (Wildman–Crippen MR) is 249 cm³/mol. The van der Waals surface area contributed by atoms with Crippen LogP contribution in [0.3, 0.4) is 0 Å². The summed E-state index contributed by atoms with van der Waals surface area (Å²) in [5.74, 6) is -0.211. The standard InChI is InChI=1S/C50H95NO13/c1-3-5-7-9-11-13-15-17-18-19-20-22-24-26-28-30-32-34-42(55)51-38(39(54)33-31-29-27-25-23-21-16-14-12-10-8-6-4-2)37-61-49-47(60)45(58)48(41(36-53)63-49)64-50-46(59)44(57)43(56)40(35-52)62-50/h17-18,38-41,43-50,52-54,56-60H,3-16,19-37H2,1-2H3,(H,51,55)/b18-17-. The average molecular weight is 918 g/mol. The van der Waals surface area contributed by atoms with E-state index in [1.165, 1.54) is 122 Å². The highest BCUT2D eigenvalue weighted by molar-refractivity contribution is 5.76. The fraction of sp³-hybridized carbons (Fsp3) is 0.940. The third-order valence-corrected chi connectivity index (χ3v) is 13.0. The maximum absolute atomic E-state index is 13.2. The topological polar surface area (TPSA) is 228 Å². The number of hydrogen-bond donors (Lipinski definition) is 9. The van der Waals surface area contributed by atoms with Crippen LogP contribution in [-0.2, 0) is 23.7 Å². The molecule has 14 nitrogen and oxygen atoms in total. The van der Waals surface area contributed by atoms with Crippen molar-refractivity contribution in [3.63, 3.8) is 0 Å². The van der Waals surface area contributed by atoms with Crippen molar-refractivity contribution in [3.05, 3.63) is 12.2 Å². The van der Waals surface area contributed by atoms with E-state index in [4.69, 9.17) is 18.9 Å². The third kappa shape index (κ3) is 24.7. The Kier molecular flexibility index (Phi) is 34.7. The molecule has 14 heteroatoms. The van der Waals surface area contributed by atoms with Crippen LogP contribution in [0.1, 0.15) is 206 Å². The van der Waals surface area contributed by atoms with E-state index in [-0.39, 0.29) is 12.5 Å². The van der Waals surface area contributed by atoms with Gasteiger partial charge in [0.25, 0.3) is 0 Å². The Bertz CT molecular complexity index is 1130. The van der Waals surface area contributed by atoms with E-state index in [0.717, 1.165) is 57.8 Å². The number of aliphatic hydroxyl groups is 8. The minimum Gasteiger partial charge on any atom is -0.394 e. The summed E-state index contributed by atoms with van der Waals surface area (Å²) in [6.07, 6.45) is 22.1. The molecule has 64 heavy (non-hydrogen) atoms. The molecular formula is C50H95NO13. The van der Waals surface area contributed by atoms with Gasteiger partial charge in [-0.2, -0.15) is 0 Å². The summed E-state index contributed by atoms with van der Waals surface area (Å²) in [5.41, 5.74) is 0. The Hall–Kier alpha value is -1.27. The number of aliphatic hydroxyl groups excluding tert-OH is 8. The molecule has 2 aliphatic rings. The molecule has 0 spiro atoms. The first kappa shape index (κ1) is 58.9. The zero-order chi connectivity index (χ0) is 46.8. The number of unbranched alkanes of at least 4 members (excludes halogenated alkanes) is 25. The molecule has 0 aromatic heterocycles. The summed E-state index contributed by atoms with van der Waals surface area (Å²) >= 11 is 0. The SMILES string of the molecule is CCCCCCCC/C=C\CCCCCCCCCC(=O)NC(COC1OC(CO)C(OC2OC(CO)C(O)C(O)C2O)C(O)C1O)C(O)CCCCCCCCCCCCCCC. The van der Waals surface area contributed by atoms with Crippen LogP contribution in [-0.4, -0.2) is 140 Å². The van der Waals surface area contributed by atoms with Gasteiger partial charge < -0.3 is 65.1 Å². The Morgan fingerprint density at radius 3 is 1.48 bits per heavy atom. The highest BCUT2D eigenvalue weighted by atomic mass is 16.7. The Balaban J connectivity index is 1.82. The number of carbonyl (C=O) groups is 1. The minimum atomic E-state index is -1.78. The summed E-state index contributed by atoms with van der Waals surface area (Å²) in [6, 6.07) is -0.826. The van der Waals surface area contributed by atoms with Gasteiger partial charge in [-0.05, 0) is 38.5 Å². The van der Waals surface area contributed by atoms with Crippen LogP contribution in [0.15, 0.2) is 12.2 Å². The zero-order valence-corrected chi connectivity index (χ0v) is 40.0. The van der Waals surface area contributed by atoms with Gasteiger partial charge in [-0.25, -0.2) is 0 Å². The number of hydrogen-bond acceptors (Lipinski definition) is 13. The molecular weight excluding hydrogens is 823 g/mol. The van der Waals surface area contributed by atoms with Gasteiger partial charge in [0.05, 0.1) is 32.0 Å². The van der Waals surface area contributed by atoms with Crippen molar-refractivity contribution in [1.29, 1.82) is 0 Å². The van der Waals surface area contributed by atoms with Crippen molar-refractivity contribution < 1.29 is 64.6 Å². The van der Waals surface area contributed by atoms with Crippen LogP contribution in [0, 0.1) is 0 Å². The van der Waals surface area contributed by atoms with Crippen molar-refractivity contribution >= 4 is 5.91 Å². The molecule has 2 aliphatic heterocycles. The molecule has 0 aliphatic carbocycles. The maximum atomic E-state index is 13.2. The molecule has 2 saturated heterocycles. The van der Waals surface area contributed by atoms with Gasteiger partial charge >= 0.3 is 0 Å². The number of allylic oxidation sites excluding steroid dienone is 2. The molecule has 2 fully saturated rings. The second kappa shape index (κ2) is 37.7. The van der Waals surface area contributed by atoms with Gasteiger partial charge in [0, 0.05) is 6.42 Å². The second-order valence-corrected chi connectivity index (χ2v) is 18.7. The van der Waals surface area contributed by atoms with Gasteiger partial charge in [0.1, 0.15) is 48.8 Å². The van der Waals surface area contributed by atoms with Crippen molar-refractivity contribution in [2.75, 3.05) is 19.8 Å². The first-order valence-electron chi connectivity index (χ1n) is 25.9. The number of rotatable bonds is 40. The lowest BCUT2D eigenvalue weighted by atomic mass is 9.97. The summed E-state index contributed by atoms with van der Waals surface area (Å²) < 4.78 is 22.7. The van der Waals surface area contributed by atoms with E-state index in [0.29, 0.717) is 12.8 Å². The molecule has 378 valence electrons. The lowest BCUT2D eigenvalue weighted by Gasteiger charge is -2.46. The summed E-state index contributed by atoms with van der Waals surface area (Å²) in [6.45, 7) is 2.84.